The molecule has 1 unspecified atom stereocenters. The number of nitrogens with zero attached hydrogens (tertiary/aromatic N) is 2. The third kappa shape index (κ3) is 2.10. The van der Waals surface area contributed by atoms with Crippen LogP contribution in [0.1, 0.15) is 17.0 Å². The molecule has 0 saturated heterocycles. The molecule has 1 atom stereocenters. The molecule has 4 rings (SSSR count). The van der Waals surface area contributed by atoms with Crippen LogP contribution in [0.4, 0.5) is 5.69 Å². The summed E-state index contributed by atoms with van der Waals surface area (Å²) < 4.78 is 33.3. The number of para-hydroxylation sites is 1. The Labute approximate surface area is 149 Å². The summed E-state index contributed by atoms with van der Waals surface area (Å²) in [6.07, 6.45) is 0. The molecular formula is C17H13N3O3S2. The summed E-state index contributed by atoms with van der Waals surface area (Å²) in [7, 11) is -2.37. The standard InChI is InChI=1S/C17H13N3O3S2/c1-20-13-5-3-2-4-11(13)15-16(25(20,21)22)14(10-6-7-24-9-10)12(8-18)17(19)23-15/h2-7,9,14H,19H2,1H3. The molecule has 3 heterocycles. The second-order valence-corrected chi connectivity index (χ2v) is 8.38. The van der Waals surface area contributed by atoms with Gasteiger partial charge >= 0.3 is 0 Å². The Morgan fingerprint density at radius 3 is 2.76 bits per heavy atom. The van der Waals surface area contributed by atoms with Crippen molar-refractivity contribution in [2.24, 2.45) is 5.73 Å². The van der Waals surface area contributed by atoms with Gasteiger partial charge in [0.25, 0.3) is 10.0 Å². The van der Waals surface area contributed by atoms with E-state index in [1.807, 2.05) is 16.8 Å². The van der Waals surface area contributed by atoms with Crippen LogP contribution in [-0.2, 0) is 14.8 Å². The monoisotopic (exact) mass is 371 g/mol. The highest BCUT2D eigenvalue weighted by Crippen LogP contribution is 2.50. The second kappa shape index (κ2) is 5.37. The molecule has 0 spiro atoms. The Balaban J connectivity index is 2.09. The van der Waals surface area contributed by atoms with E-state index in [2.05, 4.69) is 0 Å². The summed E-state index contributed by atoms with van der Waals surface area (Å²) in [4.78, 5) is 0.0536. The molecule has 8 heteroatoms. The minimum atomic E-state index is -3.87. The van der Waals surface area contributed by atoms with E-state index in [4.69, 9.17) is 10.5 Å². The van der Waals surface area contributed by atoms with Crippen LogP contribution in [0.3, 0.4) is 0 Å². The predicted octanol–water partition coefficient (Wildman–Crippen LogP) is 2.70. The summed E-state index contributed by atoms with van der Waals surface area (Å²) in [5.41, 5.74) is 7.93. The van der Waals surface area contributed by atoms with Crippen molar-refractivity contribution in [3.8, 4) is 6.07 Å². The van der Waals surface area contributed by atoms with Crippen LogP contribution in [0, 0.1) is 11.3 Å². The Kier molecular flexibility index (Phi) is 3.39. The number of hydrogen-bond acceptors (Lipinski definition) is 6. The molecule has 1 aromatic heterocycles. The van der Waals surface area contributed by atoms with Gasteiger partial charge < -0.3 is 10.5 Å². The van der Waals surface area contributed by atoms with Gasteiger partial charge in [-0.25, -0.2) is 8.42 Å². The fourth-order valence-electron chi connectivity index (χ4n) is 3.17. The lowest BCUT2D eigenvalue weighted by Crippen LogP contribution is -2.37. The molecule has 6 nitrogen and oxygen atoms in total. The molecule has 25 heavy (non-hydrogen) atoms. The number of hydrogen-bond donors (Lipinski definition) is 1. The molecule has 0 radical (unpaired) electrons. The van der Waals surface area contributed by atoms with E-state index in [1.54, 1.807) is 30.3 Å². The van der Waals surface area contributed by atoms with Crippen LogP contribution in [0.2, 0.25) is 0 Å². The Hall–Kier alpha value is -2.76. The third-order valence-electron chi connectivity index (χ3n) is 4.38. The number of rotatable bonds is 1. The number of thiophene rings is 1. The third-order valence-corrected chi connectivity index (χ3v) is 6.97. The fraction of sp³-hybridized carbons (Fsp3) is 0.118. The molecule has 1 aromatic carbocycles. The van der Waals surface area contributed by atoms with Gasteiger partial charge in [0.1, 0.15) is 16.5 Å². The Bertz CT molecular complexity index is 1080. The first-order valence-corrected chi connectivity index (χ1v) is 9.77. The topological polar surface area (TPSA) is 96.4 Å². The van der Waals surface area contributed by atoms with Gasteiger partial charge in [0, 0.05) is 12.6 Å². The van der Waals surface area contributed by atoms with E-state index in [0.29, 0.717) is 16.8 Å². The number of benzene rings is 1. The Morgan fingerprint density at radius 1 is 1.32 bits per heavy atom. The number of anilines is 1. The van der Waals surface area contributed by atoms with Crippen molar-refractivity contribution in [1.29, 1.82) is 5.26 Å². The van der Waals surface area contributed by atoms with Gasteiger partial charge in [-0.3, -0.25) is 4.31 Å². The zero-order valence-corrected chi connectivity index (χ0v) is 14.8. The molecule has 0 fully saturated rings. The van der Waals surface area contributed by atoms with Crippen molar-refractivity contribution < 1.29 is 13.2 Å². The van der Waals surface area contributed by atoms with Gasteiger partial charge in [0.2, 0.25) is 5.88 Å². The first-order chi connectivity index (χ1) is 12.0. The highest BCUT2D eigenvalue weighted by atomic mass is 32.2. The highest BCUT2D eigenvalue weighted by molar-refractivity contribution is 7.96. The second-order valence-electron chi connectivity index (χ2n) is 5.66. The van der Waals surface area contributed by atoms with Crippen LogP contribution in [0.25, 0.3) is 5.76 Å². The largest absolute Gasteiger partial charge is 0.439 e. The SMILES string of the molecule is CN1c2ccccc2C2=C(C(c3ccsc3)C(C#N)=C(N)O2)S1(=O)=O. The van der Waals surface area contributed by atoms with Gasteiger partial charge in [0.05, 0.1) is 11.6 Å². The molecule has 0 saturated carbocycles. The lowest BCUT2D eigenvalue weighted by molar-refractivity contribution is 0.357. The number of nitrogens with two attached hydrogens (primary N) is 1. The first kappa shape index (κ1) is 15.7. The maximum absolute atomic E-state index is 13.2. The van der Waals surface area contributed by atoms with Crippen molar-refractivity contribution >= 4 is 32.8 Å². The van der Waals surface area contributed by atoms with Gasteiger partial charge in [-0.05, 0) is 34.5 Å². The van der Waals surface area contributed by atoms with Crippen molar-refractivity contribution in [3.63, 3.8) is 0 Å². The molecule has 0 amide bonds. The maximum Gasteiger partial charge on any atom is 0.264 e. The average Bonchev–Trinajstić information content (AvgIpc) is 3.13. The molecule has 2 aliphatic rings. The minimum absolute atomic E-state index is 0.0536. The summed E-state index contributed by atoms with van der Waals surface area (Å²) in [6, 6.07) is 10.9. The van der Waals surface area contributed by atoms with Crippen molar-refractivity contribution in [1.82, 2.24) is 0 Å². The van der Waals surface area contributed by atoms with E-state index in [0.717, 1.165) is 0 Å². The van der Waals surface area contributed by atoms with Gasteiger partial charge in [0.15, 0.2) is 5.76 Å². The van der Waals surface area contributed by atoms with E-state index in [1.165, 1.54) is 22.7 Å². The van der Waals surface area contributed by atoms with Crippen molar-refractivity contribution in [2.75, 3.05) is 11.4 Å². The fourth-order valence-corrected chi connectivity index (χ4v) is 5.50. The molecule has 0 aliphatic carbocycles. The quantitative estimate of drug-likeness (QED) is 0.831. The van der Waals surface area contributed by atoms with E-state index < -0.39 is 15.9 Å². The molecule has 2 N–H and O–H groups in total. The highest BCUT2D eigenvalue weighted by Gasteiger charge is 2.46. The molecule has 2 aromatic rings. The van der Waals surface area contributed by atoms with Crippen LogP contribution in [0.15, 0.2) is 57.5 Å². The number of nitriles is 1. The van der Waals surface area contributed by atoms with Gasteiger partial charge in [-0.15, -0.1) is 0 Å². The summed E-state index contributed by atoms with van der Waals surface area (Å²) in [5, 5.41) is 13.2. The summed E-state index contributed by atoms with van der Waals surface area (Å²) >= 11 is 1.43. The summed E-state index contributed by atoms with van der Waals surface area (Å²) in [5.74, 6) is -0.644. The predicted molar refractivity (Wildman–Crippen MR) is 95.7 cm³/mol. The maximum atomic E-state index is 13.2. The average molecular weight is 371 g/mol. The van der Waals surface area contributed by atoms with E-state index in [9.17, 15) is 13.7 Å². The zero-order valence-electron chi connectivity index (χ0n) is 13.1. The normalized spacial score (nSPS) is 21.3. The van der Waals surface area contributed by atoms with Crippen molar-refractivity contribution in [2.45, 2.75) is 5.92 Å². The van der Waals surface area contributed by atoms with Crippen LogP contribution < -0.4 is 10.0 Å². The van der Waals surface area contributed by atoms with E-state index >= 15 is 0 Å². The lowest BCUT2D eigenvalue weighted by atomic mass is 9.90. The molecule has 126 valence electrons. The van der Waals surface area contributed by atoms with E-state index in [-0.39, 0.29) is 22.1 Å². The number of ether oxygens (including phenoxy) is 1. The van der Waals surface area contributed by atoms with Gasteiger partial charge in [-0.1, -0.05) is 12.1 Å². The number of fused-ring (bicyclic) bond motifs is 2. The lowest BCUT2D eigenvalue weighted by Gasteiger charge is -2.36. The van der Waals surface area contributed by atoms with Crippen LogP contribution in [0.5, 0.6) is 0 Å². The molecule has 0 bridgehead atoms. The Morgan fingerprint density at radius 2 is 2.08 bits per heavy atom. The number of allylic oxidation sites excluding steroid dienone is 2. The van der Waals surface area contributed by atoms with Crippen molar-refractivity contribution in [3.05, 3.63) is 68.6 Å². The number of sulfonamides is 1. The van der Waals surface area contributed by atoms with Gasteiger partial charge in [-0.2, -0.15) is 16.6 Å². The first-order valence-electron chi connectivity index (χ1n) is 7.39. The smallest absolute Gasteiger partial charge is 0.264 e. The zero-order chi connectivity index (χ0) is 17.8. The van der Waals surface area contributed by atoms with Crippen LogP contribution in [-0.4, -0.2) is 15.5 Å². The molecular weight excluding hydrogens is 358 g/mol. The van der Waals surface area contributed by atoms with Crippen LogP contribution >= 0.6 is 11.3 Å². The molecule has 2 aliphatic heterocycles. The minimum Gasteiger partial charge on any atom is -0.439 e. The summed E-state index contributed by atoms with van der Waals surface area (Å²) in [6.45, 7) is 0.